The first-order valence-electron chi connectivity index (χ1n) is 7.44. The van der Waals surface area contributed by atoms with Crippen LogP contribution < -0.4 is 4.72 Å². The van der Waals surface area contributed by atoms with Crippen molar-refractivity contribution in [2.24, 2.45) is 0 Å². The number of rotatable bonds is 5. The predicted molar refractivity (Wildman–Crippen MR) is 101 cm³/mol. The lowest BCUT2D eigenvalue weighted by Crippen LogP contribution is -2.34. The van der Waals surface area contributed by atoms with Gasteiger partial charge in [-0.3, -0.25) is 4.72 Å². The molecule has 7 heteroatoms. The van der Waals surface area contributed by atoms with Gasteiger partial charge in [-0.05, 0) is 37.3 Å². The predicted octanol–water partition coefficient (Wildman–Crippen LogP) is 4.51. The Bertz CT molecular complexity index is 872. The van der Waals surface area contributed by atoms with E-state index in [0.717, 1.165) is 5.56 Å². The van der Waals surface area contributed by atoms with Crippen molar-refractivity contribution in [2.45, 2.75) is 31.5 Å². The molecule has 0 atom stereocenters. The van der Waals surface area contributed by atoms with E-state index in [1.165, 1.54) is 24.3 Å². The summed E-state index contributed by atoms with van der Waals surface area (Å²) in [6.07, 6.45) is 0. The van der Waals surface area contributed by atoms with E-state index in [4.69, 9.17) is 11.6 Å². The average Bonchev–Trinajstić information content (AvgIpc) is 2.47. The highest BCUT2D eigenvalue weighted by Crippen LogP contribution is 2.27. The molecule has 128 valence electrons. The van der Waals surface area contributed by atoms with E-state index in [1.807, 2.05) is 26.6 Å². The maximum Gasteiger partial charge on any atom is 0.261 e. The molecule has 0 saturated heterocycles. The zero-order chi connectivity index (χ0) is 18.1. The van der Waals surface area contributed by atoms with Gasteiger partial charge >= 0.3 is 0 Å². The molecule has 0 fully saturated rings. The van der Waals surface area contributed by atoms with Crippen molar-refractivity contribution in [1.29, 1.82) is 0 Å². The van der Waals surface area contributed by atoms with Crippen LogP contribution in [0.15, 0.2) is 47.4 Å². The van der Waals surface area contributed by atoms with Crippen LogP contribution in [0.1, 0.15) is 15.9 Å². The van der Waals surface area contributed by atoms with Crippen molar-refractivity contribution in [1.82, 2.24) is 0 Å². The quantitative estimate of drug-likeness (QED) is 0.775. The van der Waals surface area contributed by atoms with Crippen LogP contribution in [-0.4, -0.2) is 21.9 Å². The minimum Gasteiger partial charge on any atom is -0.300 e. The molecule has 0 unspecified atom stereocenters. The SMILES string of the molecule is Cc1ccc(S(=O)(=O)Nc2ccc(Cl)cc2C(=O)[Si](C)(C)C)cc1. The highest BCUT2D eigenvalue weighted by molar-refractivity contribution is 7.92. The summed E-state index contributed by atoms with van der Waals surface area (Å²) in [6.45, 7) is 7.62. The minimum atomic E-state index is -3.77. The summed E-state index contributed by atoms with van der Waals surface area (Å²) in [5.41, 5.74) is 1.54. The van der Waals surface area contributed by atoms with E-state index in [2.05, 4.69) is 4.72 Å². The summed E-state index contributed by atoms with van der Waals surface area (Å²) in [5, 5.41) is 0.349. The third-order valence-corrected chi connectivity index (χ3v) is 6.73. The molecule has 2 aromatic carbocycles. The van der Waals surface area contributed by atoms with Crippen LogP contribution >= 0.6 is 11.6 Å². The van der Waals surface area contributed by atoms with Crippen molar-refractivity contribution in [3.8, 4) is 0 Å². The van der Waals surface area contributed by atoms with Crippen molar-refractivity contribution >= 4 is 40.8 Å². The molecule has 0 aliphatic heterocycles. The molecule has 0 heterocycles. The molecular weight excluding hydrogens is 362 g/mol. The van der Waals surface area contributed by atoms with Gasteiger partial charge in [0.2, 0.25) is 0 Å². The van der Waals surface area contributed by atoms with Gasteiger partial charge in [0, 0.05) is 10.6 Å². The van der Waals surface area contributed by atoms with Crippen LogP contribution in [0.4, 0.5) is 5.69 Å². The number of halogens is 1. The average molecular weight is 382 g/mol. The van der Waals surface area contributed by atoms with Crippen molar-refractivity contribution < 1.29 is 13.2 Å². The molecule has 0 aliphatic rings. The Morgan fingerprint density at radius 2 is 1.62 bits per heavy atom. The van der Waals surface area contributed by atoms with Crippen LogP contribution in [0, 0.1) is 6.92 Å². The van der Waals surface area contributed by atoms with Gasteiger partial charge in [0.25, 0.3) is 10.0 Å². The molecule has 24 heavy (non-hydrogen) atoms. The smallest absolute Gasteiger partial charge is 0.261 e. The van der Waals surface area contributed by atoms with E-state index in [0.29, 0.717) is 10.6 Å². The molecule has 4 nitrogen and oxygen atoms in total. The number of carbonyl (C=O) groups excluding carboxylic acids is 1. The first kappa shape index (κ1) is 18.7. The normalized spacial score (nSPS) is 12.0. The van der Waals surface area contributed by atoms with Crippen LogP contribution in [-0.2, 0) is 10.0 Å². The van der Waals surface area contributed by atoms with Crippen molar-refractivity contribution in [2.75, 3.05) is 4.72 Å². The standard InChI is InChI=1S/C17H20ClNO3SSi/c1-12-5-8-14(9-6-12)23(21,22)19-16-10-7-13(18)11-15(16)17(20)24(2,3)4/h5-11,19H,1-4H3. The second-order valence-electron chi connectivity index (χ2n) is 6.69. The van der Waals surface area contributed by atoms with Crippen molar-refractivity contribution in [3.63, 3.8) is 0 Å². The monoisotopic (exact) mass is 381 g/mol. The van der Waals surface area contributed by atoms with Crippen LogP contribution in [0.2, 0.25) is 24.7 Å². The van der Waals surface area contributed by atoms with Gasteiger partial charge in [0.1, 0.15) is 13.5 Å². The van der Waals surface area contributed by atoms with Gasteiger partial charge in [0.15, 0.2) is 0 Å². The lowest BCUT2D eigenvalue weighted by molar-refractivity contribution is 0.106. The Morgan fingerprint density at radius 3 is 2.17 bits per heavy atom. The number of hydrogen-bond donors (Lipinski definition) is 1. The number of carbonyl (C=O) groups is 1. The number of hydrogen-bond acceptors (Lipinski definition) is 3. The summed E-state index contributed by atoms with van der Waals surface area (Å²) < 4.78 is 27.7. The van der Waals surface area contributed by atoms with Gasteiger partial charge in [-0.25, -0.2) is 8.42 Å². The zero-order valence-electron chi connectivity index (χ0n) is 14.1. The molecule has 0 amide bonds. The number of nitrogens with one attached hydrogen (secondary N) is 1. The maximum atomic E-state index is 12.7. The molecule has 0 bridgehead atoms. The van der Waals surface area contributed by atoms with E-state index in [-0.39, 0.29) is 16.0 Å². The number of anilines is 1. The van der Waals surface area contributed by atoms with E-state index in [9.17, 15) is 13.2 Å². The van der Waals surface area contributed by atoms with Crippen LogP contribution in [0.25, 0.3) is 0 Å². The summed E-state index contributed by atoms with van der Waals surface area (Å²) in [5.74, 6) is 0. The van der Waals surface area contributed by atoms with Gasteiger partial charge in [-0.2, -0.15) is 0 Å². The van der Waals surface area contributed by atoms with E-state index >= 15 is 0 Å². The maximum absolute atomic E-state index is 12.7. The highest BCUT2D eigenvalue weighted by atomic mass is 35.5. The summed E-state index contributed by atoms with van der Waals surface area (Å²) in [4.78, 5) is 12.8. The number of benzene rings is 2. The lowest BCUT2D eigenvalue weighted by Gasteiger charge is -2.18. The Balaban J connectivity index is 2.46. The third kappa shape index (κ3) is 4.26. The Hall–Kier alpha value is -1.63. The molecule has 0 radical (unpaired) electrons. The first-order chi connectivity index (χ1) is 11.0. The summed E-state index contributed by atoms with van der Waals surface area (Å²) >= 11 is 6.00. The van der Waals surface area contributed by atoms with Crippen molar-refractivity contribution in [3.05, 3.63) is 58.6 Å². The molecule has 0 aromatic heterocycles. The summed E-state index contributed by atoms with van der Waals surface area (Å²) in [7, 11) is -5.92. The van der Waals surface area contributed by atoms with E-state index in [1.54, 1.807) is 18.2 Å². The van der Waals surface area contributed by atoms with Crippen LogP contribution in [0.5, 0.6) is 0 Å². The largest absolute Gasteiger partial charge is 0.300 e. The molecular formula is C17H20ClNO3SSi. The number of aryl methyl sites for hydroxylation is 1. The minimum absolute atomic E-state index is 0.0494. The van der Waals surface area contributed by atoms with Crippen LogP contribution in [0.3, 0.4) is 0 Å². The fourth-order valence-corrected chi connectivity index (χ4v) is 4.39. The second-order valence-corrected chi connectivity index (χ2v) is 13.8. The topological polar surface area (TPSA) is 63.2 Å². The molecule has 2 aromatic rings. The Labute approximate surface area is 148 Å². The summed E-state index contributed by atoms with van der Waals surface area (Å²) in [6, 6.07) is 11.1. The van der Waals surface area contributed by atoms with Gasteiger partial charge in [0.05, 0.1) is 10.6 Å². The Kier molecular flexibility index (Phi) is 5.22. The molecule has 0 saturated carbocycles. The fourth-order valence-electron chi connectivity index (χ4n) is 2.12. The molecule has 0 spiro atoms. The van der Waals surface area contributed by atoms with E-state index < -0.39 is 18.1 Å². The van der Waals surface area contributed by atoms with Gasteiger partial charge < -0.3 is 4.79 Å². The van der Waals surface area contributed by atoms with Gasteiger partial charge in [-0.15, -0.1) is 0 Å². The molecule has 2 rings (SSSR count). The molecule has 0 aliphatic carbocycles. The highest BCUT2D eigenvalue weighted by Gasteiger charge is 2.29. The zero-order valence-corrected chi connectivity index (χ0v) is 16.6. The number of sulfonamides is 1. The first-order valence-corrected chi connectivity index (χ1v) is 12.8. The Morgan fingerprint density at radius 1 is 1.04 bits per heavy atom. The van der Waals surface area contributed by atoms with Gasteiger partial charge in [-0.1, -0.05) is 48.9 Å². The molecule has 1 N–H and O–H groups in total. The third-order valence-electron chi connectivity index (χ3n) is 3.48. The lowest BCUT2D eigenvalue weighted by atomic mass is 10.2. The fraction of sp³-hybridized carbons (Fsp3) is 0.235. The second kappa shape index (κ2) is 6.70.